The molecule has 2 rings (SSSR count). The second-order valence-corrected chi connectivity index (χ2v) is 4.57. The lowest BCUT2D eigenvalue weighted by Crippen LogP contribution is -2.05. The number of aromatic nitrogens is 2. The molecule has 1 heterocycles. The molecule has 1 aromatic rings. The maximum absolute atomic E-state index is 5.73. The average Bonchev–Trinajstić information content (AvgIpc) is 2.41. The van der Waals surface area contributed by atoms with Crippen molar-refractivity contribution in [2.24, 2.45) is 24.1 Å². The van der Waals surface area contributed by atoms with Crippen LogP contribution in [0.15, 0.2) is 12.5 Å². The van der Waals surface area contributed by atoms with Crippen LogP contribution < -0.4 is 5.73 Å². The highest BCUT2D eigenvalue weighted by atomic mass is 15.0. The third kappa shape index (κ3) is 1.10. The zero-order valence-corrected chi connectivity index (χ0v) is 8.49. The molecular formula is C10H17N3. The quantitative estimate of drug-likeness (QED) is 0.739. The zero-order chi connectivity index (χ0) is 9.64. The summed E-state index contributed by atoms with van der Waals surface area (Å²) in [4.78, 5) is 4.14. The predicted octanol–water partition coefficient (Wildman–Crippen LogP) is 1.12. The molecule has 0 bridgehead atoms. The van der Waals surface area contributed by atoms with Crippen LogP contribution in [0.5, 0.6) is 0 Å². The number of rotatable bonds is 2. The molecule has 0 aromatic carbocycles. The predicted molar refractivity (Wildman–Crippen MR) is 52.3 cm³/mol. The Bertz CT molecular complexity index is 314. The van der Waals surface area contributed by atoms with Gasteiger partial charge in [-0.25, -0.2) is 4.98 Å². The van der Waals surface area contributed by atoms with E-state index in [4.69, 9.17) is 5.73 Å². The summed E-state index contributed by atoms with van der Waals surface area (Å²) in [6, 6.07) is 0. The van der Waals surface area contributed by atoms with Crippen LogP contribution in [0.2, 0.25) is 0 Å². The molecule has 0 spiro atoms. The molecule has 3 nitrogen and oxygen atoms in total. The first kappa shape index (κ1) is 8.75. The van der Waals surface area contributed by atoms with Crippen molar-refractivity contribution in [2.75, 3.05) is 6.54 Å². The van der Waals surface area contributed by atoms with Crippen molar-refractivity contribution in [2.45, 2.75) is 19.8 Å². The maximum Gasteiger partial charge on any atom is 0.0945 e. The van der Waals surface area contributed by atoms with Crippen molar-refractivity contribution < 1.29 is 0 Å². The zero-order valence-electron chi connectivity index (χ0n) is 8.49. The van der Waals surface area contributed by atoms with Gasteiger partial charge < -0.3 is 10.3 Å². The monoisotopic (exact) mass is 179 g/mol. The van der Waals surface area contributed by atoms with E-state index >= 15 is 0 Å². The SMILES string of the molecule is Cn1cncc1C1C(CN)C1(C)C. The molecule has 72 valence electrons. The van der Waals surface area contributed by atoms with Crippen molar-refractivity contribution in [3.63, 3.8) is 0 Å². The molecule has 2 atom stereocenters. The first-order chi connectivity index (χ1) is 6.09. The number of hydrogen-bond donors (Lipinski definition) is 1. The molecule has 1 aromatic heterocycles. The van der Waals surface area contributed by atoms with Crippen molar-refractivity contribution >= 4 is 0 Å². The van der Waals surface area contributed by atoms with Crippen molar-refractivity contribution in [1.82, 2.24) is 9.55 Å². The fourth-order valence-corrected chi connectivity index (χ4v) is 2.44. The highest BCUT2D eigenvalue weighted by molar-refractivity contribution is 5.25. The van der Waals surface area contributed by atoms with Gasteiger partial charge in [-0.05, 0) is 17.9 Å². The summed E-state index contributed by atoms with van der Waals surface area (Å²) in [5.41, 5.74) is 7.41. The lowest BCUT2D eigenvalue weighted by Gasteiger charge is -2.02. The average molecular weight is 179 g/mol. The van der Waals surface area contributed by atoms with Crippen LogP contribution in [0.25, 0.3) is 0 Å². The molecule has 0 radical (unpaired) electrons. The van der Waals surface area contributed by atoms with E-state index in [-0.39, 0.29) is 0 Å². The summed E-state index contributed by atoms with van der Waals surface area (Å²) < 4.78 is 2.10. The molecule has 2 unspecified atom stereocenters. The van der Waals surface area contributed by atoms with Crippen LogP contribution in [-0.4, -0.2) is 16.1 Å². The Labute approximate surface area is 79.0 Å². The van der Waals surface area contributed by atoms with Gasteiger partial charge in [0.2, 0.25) is 0 Å². The minimum atomic E-state index is 0.364. The van der Waals surface area contributed by atoms with E-state index in [1.807, 2.05) is 19.6 Å². The molecular weight excluding hydrogens is 162 g/mol. The normalized spacial score (nSPS) is 30.5. The van der Waals surface area contributed by atoms with E-state index in [0.29, 0.717) is 17.3 Å². The number of nitrogens with zero attached hydrogens (tertiary/aromatic N) is 2. The van der Waals surface area contributed by atoms with Crippen LogP contribution >= 0.6 is 0 Å². The van der Waals surface area contributed by atoms with Crippen LogP contribution in [0, 0.1) is 11.3 Å². The number of aryl methyl sites for hydroxylation is 1. The summed E-state index contributed by atoms with van der Waals surface area (Å²) in [7, 11) is 2.05. The van der Waals surface area contributed by atoms with Gasteiger partial charge in [-0.1, -0.05) is 13.8 Å². The maximum atomic E-state index is 5.73. The molecule has 1 aliphatic rings. The fraction of sp³-hybridized carbons (Fsp3) is 0.700. The summed E-state index contributed by atoms with van der Waals surface area (Å²) in [6.45, 7) is 5.34. The molecule has 3 heteroatoms. The smallest absolute Gasteiger partial charge is 0.0945 e. The van der Waals surface area contributed by atoms with Gasteiger partial charge in [0.05, 0.1) is 6.33 Å². The number of imidazole rings is 1. The van der Waals surface area contributed by atoms with E-state index in [1.54, 1.807) is 0 Å². The molecule has 1 aliphatic carbocycles. The second kappa shape index (κ2) is 2.58. The van der Waals surface area contributed by atoms with Crippen molar-refractivity contribution in [3.8, 4) is 0 Å². The van der Waals surface area contributed by atoms with Gasteiger partial charge >= 0.3 is 0 Å². The van der Waals surface area contributed by atoms with Gasteiger partial charge in [0.1, 0.15) is 0 Å². The van der Waals surface area contributed by atoms with Crippen LogP contribution in [0.1, 0.15) is 25.5 Å². The topological polar surface area (TPSA) is 43.8 Å². The van der Waals surface area contributed by atoms with E-state index < -0.39 is 0 Å². The van der Waals surface area contributed by atoms with Crippen molar-refractivity contribution in [1.29, 1.82) is 0 Å². The van der Waals surface area contributed by atoms with E-state index in [2.05, 4.69) is 23.4 Å². The minimum absolute atomic E-state index is 0.364. The molecule has 13 heavy (non-hydrogen) atoms. The first-order valence-corrected chi connectivity index (χ1v) is 4.75. The van der Waals surface area contributed by atoms with Gasteiger partial charge in [0.25, 0.3) is 0 Å². The Hall–Kier alpha value is -0.830. The molecule has 2 N–H and O–H groups in total. The van der Waals surface area contributed by atoms with E-state index in [0.717, 1.165) is 6.54 Å². The van der Waals surface area contributed by atoms with Crippen LogP contribution in [0.3, 0.4) is 0 Å². The Balaban J connectivity index is 2.26. The van der Waals surface area contributed by atoms with Crippen LogP contribution in [-0.2, 0) is 7.05 Å². The molecule has 0 amide bonds. The Morgan fingerprint density at radius 1 is 1.62 bits per heavy atom. The van der Waals surface area contributed by atoms with E-state index in [1.165, 1.54) is 5.69 Å². The second-order valence-electron chi connectivity index (χ2n) is 4.57. The Morgan fingerprint density at radius 3 is 2.69 bits per heavy atom. The van der Waals surface area contributed by atoms with Crippen molar-refractivity contribution in [3.05, 3.63) is 18.2 Å². The highest BCUT2D eigenvalue weighted by Gasteiger charge is 2.58. The molecule has 0 saturated heterocycles. The van der Waals surface area contributed by atoms with Gasteiger partial charge in [-0.15, -0.1) is 0 Å². The van der Waals surface area contributed by atoms with Gasteiger partial charge in [0, 0.05) is 24.9 Å². The standard InChI is InChI=1S/C10H17N3/c1-10(2)7(4-11)9(10)8-5-12-6-13(8)3/h5-7,9H,4,11H2,1-3H3. The first-order valence-electron chi connectivity index (χ1n) is 4.75. The lowest BCUT2D eigenvalue weighted by atomic mass is 10.1. The molecule has 0 aliphatic heterocycles. The summed E-state index contributed by atoms with van der Waals surface area (Å²) >= 11 is 0. The fourth-order valence-electron chi connectivity index (χ4n) is 2.44. The summed E-state index contributed by atoms with van der Waals surface area (Å²) in [5.74, 6) is 1.23. The van der Waals surface area contributed by atoms with E-state index in [9.17, 15) is 0 Å². The highest BCUT2D eigenvalue weighted by Crippen LogP contribution is 2.63. The lowest BCUT2D eigenvalue weighted by molar-refractivity contribution is 0.555. The molecule has 1 saturated carbocycles. The minimum Gasteiger partial charge on any atom is -0.337 e. The third-order valence-electron chi connectivity index (χ3n) is 3.48. The number of nitrogens with two attached hydrogens (primary N) is 1. The van der Waals surface area contributed by atoms with Gasteiger partial charge in [-0.2, -0.15) is 0 Å². The Morgan fingerprint density at radius 2 is 2.31 bits per heavy atom. The Kier molecular flexibility index (Phi) is 1.74. The third-order valence-corrected chi connectivity index (χ3v) is 3.48. The van der Waals surface area contributed by atoms with Gasteiger partial charge in [-0.3, -0.25) is 0 Å². The van der Waals surface area contributed by atoms with Crippen LogP contribution in [0.4, 0.5) is 0 Å². The van der Waals surface area contributed by atoms with Gasteiger partial charge in [0.15, 0.2) is 0 Å². The summed E-state index contributed by atoms with van der Waals surface area (Å²) in [6.07, 6.45) is 3.82. The summed E-state index contributed by atoms with van der Waals surface area (Å²) in [5, 5.41) is 0. The molecule has 1 fully saturated rings. The largest absolute Gasteiger partial charge is 0.337 e. The number of hydrogen-bond acceptors (Lipinski definition) is 2.